The van der Waals surface area contributed by atoms with E-state index in [2.05, 4.69) is 26.5 Å². The quantitative estimate of drug-likeness (QED) is 0.799. The Balaban J connectivity index is 2.74. The first-order valence-corrected chi connectivity index (χ1v) is 5.70. The fourth-order valence-corrected chi connectivity index (χ4v) is 1.72. The summed E-state index contributed by atoms with van der Waals surface area (Å²) in [4.78, 5) is 26.9. The maximum absolute atomic E-state index is 11.8. The van der Waals surface area contributed by atoms with Crippen LogP contribution in [0.4, 0.5) is 0 Å². The Hall–Kier alpha value is -2.50. The summed E-state index contributed by atoms with van der Waals surface area (Å²) in [5.41, 5.74) is 1.97. The van der Waals surface area contributed by atoms with E-state index >= 15 is 0 Å². The Labute approximate surface area is 109 Å². The van der Waals surface area contributed by atoms with Crippen LogP contribution >= 0.6 is 0 Å². The number of nitrogens with zero attached hydrogens (tertiary/aromatic N) is 3. The van der Waals surface area contributed by atoms with Gasteiger partial charge in [0, 0.05) is 17.0 Å². The second-order valence-corrected chi connectivity index (χ2v) is 4.31. The van der Waals surface area contributed by atoms with E-state index in [0.29, 0.717) is 17.1 Å². The minimum Gasteiger partial charge on any atom is -0.505 e. The Morgan fingerprint density at radius 1 is 1.21 bits per heavy atom. The van der Waals surface area contributed by atoms with E-state index in [1.165, 1.54) is 0 Å². The first-order valence-electron chi connectivity index (χ1n) is 5.70. The highest BCUT2D eigenvalue weighted by atomic mass is 16.3. The Morgan fingerprint density at radius 3 is 2.32 bits per heavy atom. The third-order valence-electron chi connectivity index (χ3n) is 2.62. The first-order chi connectivity index (χ1) is 8.88. The smallest absolute Gasteiger partial charge is 0.254 e. The fourth-order valence-electron chi connectivity index (χ4n) is 1.72. The molecule has 2 heterocycles. The zero-order valence-corrected chi connectivity index (χ0v) is 11.0. The third kappa shape index (κ3) is 2.52. The van der Waals surface area contributed by atoms with Crippen LogP contribution in [0.25, 0.3) is 17.3 Å². The lowest BCUT2D eigenvalue weighted by Crippen LogP contribution is -2.16. The second kappa shape index (κ2) is 4.64. The van der Waals surface area contributed by atoms with Crippen LogP contribution in [0.1, 0.15) is 22.8 Å². The third-order valence-corrected chi connectivity index (χ3v) is 2.62. The molecule has 2 rings (SSSR count). The van der Waals surface area contributed by atoms with E-state index in [1.54, 1.807) is 6.92 Å². The van der Waals surface area contributed by atoms with Crippen molar-refractivity contribution in [2.75, 3.05) is 0 Å². The molecule has 0 aliphatic heterocycles. The summed E-state index contributed by atoms with van der Waals surface area (Å²) in [6.07, 6.45) is 0. The van der Waals surface area contributed by atoms with E-state index in [-0.39, 0.29) is 17.1 Å². The zero-order valence-electron chi connectivity index (χ0n) is 11.0. The van der Waals surface area contributed by atoms with Gasteiger partial charge in [-0.05, 0) is 26.8 Å². The number of rotatable bonds is 2. The normalized spacial score (nSPS) is 10.5. The Morgan fingerprint density at radius 2 is 1.79 bits per heavy atom. The average Bonchev–Trinajstić information content (AvgIpc) is 2.30. The minimum absolute atomic E-state index is 0.0216. The van der Waals surface area contributed by atoms with Crippen LogP contribution in [0, 0.1) is 20.8 Å². The molecule has 98 valence electrons. The van der Waals surface area contributed by atoms with Gasteiger partial charge in [0.05, 0.1) is 0 Å². The molecule has 6 nitrogen and oxygen atoms in total. The van der Waals surface area contributed by atoms with Gasteiger partial charge in [-0.3, -0.25) is 4.79 Å². The maximum Gasteiger partial charge on any atom is 0.254 e. The molecule has 6 heteroatoms. The minimum atomic E-state index is -0.349. The monoisotopic (exact) mass is 258 g/mol. The van der Waals surface area contributed by atoms with E-state index < -0.39 is 0 Å². The highest BCUT2D eigenvalue weighted by Gasteiger charge is 2.14. The number of H-pyrrole nitrogens is 1. The Bertz CT molecular complexity index is 699. The molecule has 0 aliphatic rings. The number of aliphatic hydroxyl groups excluding tert-OH is 1. The van der Waals surface area contributed by atoms with Crippen LogP contribution < -0.4 is 5.56 Å². The lowest BCUT2D eigenvalue weighted by Gasteiger charge is -2.07. The van der Waals surface area contributed by atoms with E-state index in [0.717, 1.165) is 11.4 Å². The van der Waals surface area contributed by atoms with Crippen LogP contribution in [-0.2, 0) is 0 Å². The highest BCUT2D eigenvalue weighted by Crippen LogP contribution is 2.16. The molecule has 2 aromatic rings. The van der Waals surface area contributed by atoms with Gasteiger partial charge in [-0.25, -0.2) is 15.0 Å². The molecule has 0 aromatic carbocycles. The average molecular weight is 258 g/mol. The summed E-state index contributed by atoms with van der Waals surface area (Å²) in [7, 11) is 0. The van der Waals surface area contributed by atoms with Gasteiger partial charge in [0.1, 0.15) is 5.69 Å². The van der Waals surface area contributed by atoms with Crippen molar-refractivity contribution in [2.24, 2.45) is 0 Å². The molecule has 0 saturated carbocycles. The molecule has 0 bridgehead atoms. The molecule has 0 radical (unpaired) electrons. The molecule has 2 aromatic heterocycles. The van der Waals surface area contributed by atoms with Gasteiger partial charge < -0.3 is 10.1 Å². The summed E-state index contributed by atoms with van der Waals surface area (Å²) in [6, 6.07) is 1.83. The van der Waals surface area contributed by atoms with Crippen molar-refractivity contribution >= 4 is 5.76 Å². The number of nitrogens with one attached hydrogen (secondary N) is 1. The molecule has 0 fully saturated rings. The van der Waals surface area contributed by atoms with Gasteiger partial charge in [0.2, 0.25) is 0 Å². The molecular weight excluding hydrogens is 244 g/mol. The standard InChI is InChI=1S/C13H14N4O2/c1-6-5-7(2)15-12(14-6)10-8(3)13(19)17-11(16-10)9(4)18/h5,18H,4H2,1-3H3,(H,16,17,19). The van der Waals surface area contributed by atoms with Gasteiger partial charge >= 0.3 is 0 Å². The van der Waals surface area contributed by atoms with E-state index in [9.17, 15) is 9.90 Å². The van der Waals surface area contributed by atoms with Crippen LogP contribution in [0.5, 0.6) is 0 Å². The molecule has 19 heavy (non-hydrogen) atoms. The maximum atomic E-state index is 11.8. The molecule has 0 aliphatic carbocycles. The van der Waals surface area contributed by atoms with Crippen molar-refractivity contribution in [3.05, 3.63) is 45.8 Å². The van der Waals surface area contributed by atoms with Crippen molar-refractivity contribution < 1.29 is 5.11 Å². The first kappa shape index (κ1) is 12.9. The summed E-state index contributed by atoms with van der Waals surface area (Å²) in [6.45, 7) is 8.66. The van der Waals surface area contributed by atoms with Gasteiger partial charge in [-0.2, -0.15) is 0 Å². The van der Waals surface area contributed by atoms with E-state index in [1.807, 2.05) is 19.9 Å². The molecule has 0 unspecified atom stereocenters. The van der Waals surface area contributed by atoms with Crippen LogP contribution in [0.15, 0.2) is 17.4 Å². The van der Waals surface area contributed by atoms with Gasteiger partial charge in [-0.1, -0.05) is 6.58 Å². The number of aryl methyl sites for hydroxylation is 2. The number of aromatic nitrogens is 4. The largest absolute Gasteiger partial charge is 0.505 e. The summed E-state index contributed by atoms with van der Waals surface area (Å²) >= 11 is 0. The lowest BCUT2D eigenvalue weighted by atomic mass is 10.2. The molecule has 0 spiro atoms. The van der Waals surface area contributed by atoms with Gasteiger partial charge in [0.25, 0.3) is 5.56 Å². The summed E-state index contributed by atoms with van der Waals surface area (Å²) in [5, 5.41) is 9.35. The van der Waals surface area contributed by atoms with Gasteiger partial charge in [-0.15, -0.1) is 0 Å². The molecule has 2 N–H and O–H groups in total. The number of aliphatic hydroxyl groups is 1. The summed E-state index contributed by atoms with van der Waals surface area (Å²) in [5.74, 6) is 0.0830. The van der Waals surface area contributed by atoms with Crippen molar-refractivity contribution in [2.45, 2.75) is 20.8 Å². The number of aromatic amines is 1. The van der Waals surface area contributed by atoms with Crippen LogP contribution in [0.2, 0.25) is 0 Å². The highest BCUT2D eigenvalue weighted by molar-refractivity contribution is 5.58. The number of hydrogen-bond donors (Lipinski definition) is 2. The zero-order chi connectivity index (χ0) is 14.2. The van der Waals surface area contributed by atoms with Crippen LogP contribution in [-0.4, -0.2) is 25.0 Å². The second-order valence-electron chi connectivity index (χ2n) is 4.31. The van der Waals surface area contributed by atoms with E-state index in [4.69, 9.17) is 0 Å². The Kier molecular flexibility index (Phi) is 3.16. The SMILES string of the molecule is C=C(O)c1nc(-c2nc(C)cc(C)n2)c(C)c(=O)[nH]1. The number of hydrogen-bond acceptors (Lipinski definition) is 5. The summed E-state index contributed by atoms with van der Waals surface area (Å²) < 4.78 is 0. The lowest BCUT2D eigenvalue weighted by molar-refractivity contribution is 0.506. The van der Waals surface area contributed by atoms with Crippen molar-refractivity contribution in [3.8, 4) is 11.5 Å². The topological polar surface area (TPSA) is 91.8 Å². The van der Waals surface area contributed by atoms with Crippen LogP contribution in [0.3, 0.4) is 0 Å². The molecule has 0 atom stereocenters. The van der Waals surface area contributed by atoms with Gasteiger partial charge in [0.15, 0.2) is 17.4 Å². The van der Waals surface area contributed by atoms with Crippen molar-refractivity contribution in [3.63, 3.8) is 0 Å². The van der Waals surface area contributed by atoms with Crippen molar-refractivity contribution in [1.29, 1.82) is 0 Å². The fraction of sp³-hybridized carbons (Fsp3) is 0.231. The predicted octanol–water partition coefficient (Wildman–Crippen LogP) is 1.68. The molecule has 0 amide bonds. The van der Waals surface area contributed by atoms with Crippen molar-refractivity contribution in [1.82, 2.24) is 19.9 Å². The predicted molar refractivity (Wildman–Crippen MR) is 71.8 cm³/mol. The molecular formula is C13H14N4O2. The molecule has 0 saturated heterocycles.